The van der Waals surface area contributed by atoms with Crippen LogP contribution in [0.25, 0.3) is 28.3 Å². The van der Waals surface area contributed by atoms with E-state index in [2.05, 4.69) is 16.4 Å². The average Bonchev–Trinajstić information content (AvgIpc) is 3.07. The molecule has 1 aliphatic rings. The van der Waals surface area contributed by atoms with Gasteiger partial charge in [0.2, 0.25) is 0 Å². The van der Waals surface area contributed by atoms with Crippen molar-refractivity contribution in [3.05, 3.63) is 101 Å². The van der Waals surface area contributed by atoms with Crippen LogP contribution < -0.4 is 15.7 Å². The number of aromatic nitrogens is 1. The molecule has 1 amide bonds. The molecule has 1 saturated heterocycles. The number of phenolic OH excluding ortho intramolecular Hbond substituents is 2. The molecule has 0 spiro atoms. The number of nitrogens with zero attached hydrogens (tertiary/aromatic N) is 4. The van der Waals surface area contributed by atoms with Crippen molar-refractivity contribution in [1.82, 2.24) is 15.8 Å². The van der Waals surface area contributed by atoms with E-state index in [-0.39, 0.29) is 41.1 Å². The van der Waals surface area contributed by atoms with Gasteiger partial charge in [-0.05, 0) is 65.4 Å². The molecule has 4 aromatic rings. The van der Waals surface area contributed by atoms with E-state index in [1.807, 2.05) is 35.2 Å². The Hall–Kier alpha value is -5.46. The number of aromatic hydroxyl groups is 2. The summed E-state index contributed by atoms with van der Waals surface area (Å²) >= 11 is 0. The van der Waals surface area contributed by atoms with Crippen LogP contribution in [0.4, 0.5) is 10.2 Å². The number of hydroxylamine groups is 1. The third-order valence-electron chi connectivity index (χ3n) is 7.74. The van der Waals surface area contributed by atoms with Gasteiger partial charge in [0.05, 0.1) is 5.56 Å². The highest BCUT2D eigenvalue weighted by Gasteiger charge is 2.26. The van der Waals surface area contributed by atoms with Gasteiger partial charge >= 0.3 is 0 Å². The van der Waals surface area contributed by atoms with E-state index in [9.17, 15) is 29.9 Å². The van der Waals surface area contributed by atoms with Gasteiger partial charge < -0.3 is 20.4 Å². The number of anilines is 1. The standard InChI is InChI=1S/C34H29FN6O4.ClH/c35-29-15-24(6-7-25(29)17-36)33-27(18-37)34(39-20-28(33)23-8-9-30(42)31(43)16-23)41-13-11-26(12-14-41)38-19-22-3-1-21(2-4-22)5-10-32(44)40-45;/h1-10,15-16,20,26,38,42-43,45H,11-14,19H2,(H,40,44);1H/b10-5+;. The Morgan fingerprint density at radius 3 is 2.35 bits per heavy atom. The van der Waals surface area contributed by atoms with Crippen molar-refractivity contribution >= 4 is 30.2 Å². The summed E-state index contributed by atoms with van der Waals surface area (Å²) in [5, 5.41) is 51.8. The molecule has 0 saturated carbocycles. The Morgan fingerprint density at radius 2 is 1.72 bits per heavy atom. The highest BCUT2D eigenvalue weighted by molar-refractivity contribution is 5.91. The lowest BCUT2D eigenvalue weighted by Gasteiger charge is -2.34. The normalized spacial score (nSPS) is 13.1. The van der Waals surface area contributed by atoms with Crippen LogP contribution in [-0.2, 0) is 11.3 Å². The molecule has 0 atom stereocenters. The largest absolute Gasteiger partial charge is 0.504 e. The number of piperidine rings is 1. The Balaban J connectivity index is 0.00000480. The minimum absolute atomic E-state index is 0. The molecule has 0 unspecified atom stereocenters. The lowest BCUT2D eigenvalue weighted by atomic mass is 9.91. The molecule has 12 heteroatoms. The van der Waals surface area contributed by atoms with E-state index in [0.717, 1.165) is 24.0 Å². The smallest absolute Gasteiger partial charge is 0.267 e. The maximum absolute atomic E-state index is 14.8. The SMILES string of the molecule is Cl.N#Cc1ccc(-c2c(-c3ccc(O)c(O)c3)cnc(N3CCC(NCc4ccc(/C=C/C(=O)NO)cc4)CC3)c2C#N)cc1F. The second-order valence-corrected chi connectivity index (χ2v) is 10.6. The molecule has 1 aromatic heterocycles. The number of nitriles is 2. The van der Waals surface area contributed by atoms with Crippen LogP contribution in [0.3, 0.4) is 0 Å². The second kappa shape index (κ2) is 15.0. The van der Waals surface area contributed by atoms with Crippen LogP contribution in [0.5, 0.6) is 11.5 Å². The minimum Gasteiger partial charge on any atom is -0.504 e. The molecule has 46 heavy (non-hydrogen) atoms. The van der Waals surface area contributed by atoms with Gasteiger partial charge in [0.1, 0.15) is 29.3 Å². The lowest BCUT2D eigenvalue weighted by molar-refractivity contribution is -0.124. The Bertz CT molecular complexity index is 1840. The summed E-state index contributed by atoms with van der Waals surface area (Å²) in [5.74, 6) is -1.51. The first-order valence-electron chi connectivity index (χ1n) is 14.2. The van der Waals surface area contributed by atoms with E-state index in [4.69, 9.17) is 5.21 Å². The van der Waals surface area contributed by atoms with Crippen molar-refractivity contribution in [3.63, 3.8) is 0 Å². The number of carbonyl (C=O) groups excluding carboxylic acids is 1. The summed E-state index contributed by atoms with van der Waals surface area (Å²) in [6.07, 6.45) is 6.00. The Labute approximate surface area is 271 Å². The molecule has 1 aliphatic heterocycles. The van der Waals surface area contributed by atoms with Crippen LogP contribution in [0.2, 0.25) is 0 Å². The zero-order valence-electron chi connectivity index (χ0n) is 24.4. The average molecular weight is 641 g/mol. The number of hydrogen-bond acceptors (Lipinski definition) is 9. The fourth-order valence-electron chi connectivity index (χ4n) is 5.33. The fraction of sp³-hybridized carbons (Fsp3) is 0.176. The summed E-state index contributed by atoms with van der Waals surface area (Å²) in [4.78, 5) is 17.8. The summed E-state index contributed by atoms with van der Waals surface area (Å²) in [6, 6.07) is 20.4. The monoisotopic (exact) mass is 640 g/mol. The van der Waals surface area contributed by atoms with Gasteiger partial charge in [0.25, 0.3) is 5.91 Å². The summed E-state index contributed by atoms with van der Waals surface area (Å²) in [6.45, 7) is 1.89. The molecule has 234 valence electrons. The molecule has 2 heterocycles. The van der Waals surface area contributed by atoms with E-state index >= 15 is 0 Å². The number of carbonyl (C=O) groups is 1. The lowest BCUT2D eigenvalue weighted by Crippen LogP contribution is -2.42. The van der Waals surface area contributed by atoms with Crippen LogP contribution in [-0.4, -0.2) is 45.4 Å². The van der Waals surface area contributed by atoms with Gasteiger partial charge in [0, 0.05) is 49.1 Å². The van der Waals surface area contributed by atoms with Crippen molar-refractivity contribution < 1.29 is 24.6 Å². The topological polar surface area (TPSA) is 166 Å². The molecule has 10 nitrogen and oxygen atoms in total. The third-order valence-corrected chi connectivity index (χ3v) is 7.74. The first-order valence-corrected chi connectivity index (χ1v) is 14.2. The predicted molar refractivity (Wildman–Crippen MR) is 173 cm³/mol. The van der Waals surface area contributed by atoms with Crippen LogP contribution in [0.15, 0.2) is 72.9 Å². The highest BCUT2D eigenvalue weighted by Crippen LogP contribution is 2.41. The molecule has 0 aliphatic carbocycles. The molecule has 0 bridgehead atoms. The molecule has 5 N–H and O–H groups in total. The van der Waals surface area contributed by atoms with Crippen LogP contribution in [0.1, 0.15) is 35.1 Å². The first-order chi connectivity index (χ1) is 21.8. The van der Waals surface area contributed by atoms with Gasteiger partial charge in [-0.1, -0.05) is 36.4 Å². The number of rotatable bonds is 8. The van der Waals surface area contributed by atoms with Gasteiger partial charge in [-0.25, -0.2) is 14.9 Å². The van der Waals surface area contributed by atoms with Crippen molar-refractivity contribution in [2.75, 3.05) is 18.0 Å². The molecule has 5 rings (SSSR count). The predicted octanol–water partition coefficient (Wildman–Crippen LogP) is 5.41. The minimum atomic E-state index is -0.719. The summed E-state index contributed by atoms with van der Waals surface area (Å²) < 4.78 is 14.8. The molecule has 3 aromatic carbocycles. The van der Waals surface area contributed by atoms with Gasteiger partial charge in [-0.2, -0.15) is 10.5 Å². The first kappa shape index (κ1) is 33.4. The number of amides is 1. The molecular weight excluding hydrogens is 611 g/mol. The molecular formula is C34H30ClFN6O4. The third kappa shape index (κ3) is 7.42. The maximum atomic E-state index is 14.8. The van der Waals surface area contributed by atoms with Crippen LogP contribution in [0, 0.1) is 28.5 Å². The number of hydrogen-bond donors (Lipinski definition) is 5. The number of nitrogens with one attached hydrogen (secondary N) is 2. The maximum Gasteiger partial charge on any atom is 0.267 e. The van der Waals surface area contributed by atoms with E-state index in [0.29, 0.717) is 47.7 Å². The fourth-order valence-corrected chi connectivity index (χ4v) is 5.33. The van der Waals surface area contributed by atoms with Crippen LogP contribution >= 0.6 is 12.4 Å². The Kier molecular flexibility index (Phi) is 10.9. The zero-order chi connectivity index (χ0) is 31.9. The van der Waals surface area contributed by atoms with Gasteiger partial charge in [-0.15, -0.1) is 12.4 Å². The second-order valence-electron chi connectivity index (χ2n) is 10.6. The van der Waals surface area contributed by atoms with Crippen molar-refractivity contribution in [3.8, 4) is 45.9 Å². The van der Waals surface area contributed by atoms with E-state index < -0.39 is 11.7 Å². The quantitative estimate of drug-likeness (QED) is 0.0733. The number of benzene rings is 3. The zero-order valence-corrected chi connectivity index (χ0v) is 25.3. The van der Waals surface area contributed by atoms with Crippen molar-refractivity contribution in [2.24, 2.45) is 0 Å². The summed E-state index contributed by atoms with van der Waals surface area (Å²) in [7, 11) is 0. The molecule has 0 radical (unpaired) electrons. The number of halogens is 2. The molecule has 1 fully saturated rings. The van der Waals surface area contributed by atoms with Crippen molar-refractivity contribution in [2.45, 2.75) is 25.4 Å². The number of phenols is 2. The van der Waals surface area contributed by atoms with Gasteiger partial charge in [0.15, 0.2) is 11.5 Å². The number of pyridine rings is 1. The summed E-state index contributed by atoms with van der Waals surface area (Å²) in [5.41, 5.74) is 5.30. The Morgan fingerprint density at radius 1 is 1.00 bits per heavy atom. The van der Waals surface area contributed by atoms with Gasteiger partial charge in [-0.3, -0.25) is 10.0 Å². The highest BCUT2D eigenvalue weighted by atomic mass is 35.5. The van der Waals surface area contributed by atoms with E-state index in [1.165, 1.54) is 30.3 Å². The van der Waals surface area contributed by atoms with E-state index in [1.54, 1.807) is 29.9 Å². The van der Waals surface area contributed by atoms with Crippen molar-refractivity contribution in [1.29, 1.82) is 10.5 Å².